The lowest BCUT2D eigenvalue weighted by atomic mass is 9.81. The highest BCUT2D eigenvalue weighted by atomic mass is 16.7. The number of carbonyl (C=O) groups is 10. The average molecular weight is 861 g/mol. The van der Waals surface area contributed by atoms with Gasteiger partial charge in [-0.1, -0.05) is 17.7 Å². The number of aromatic nitrogens is 1. The van der Waals surface area contributed by atoms with Crippen molar-refractivity contribution < 1.29 is 83.4 Å². The summed E-state index contributed by atoms with van der Waals surface area (Å²) in [5, 5.41) is 62.5. The lowest BCUT2D eigenvalue weighted by molar-refractivity contribution is -0.155. The van der Waals surface area contributed by atoms with E-state index in [1.54, 1.807) is 18.2 Å². The minimum absolute atomic E-state index is 0.0194. The molecule has 1 aromatic carbocycles. The van der Waals surface area contributed by atoms with Crippen LogP contribution < -0.4 is 15.5 Å². The van der Waals surface area contributed by atoms with Crippen LogP contribution in [0.25, 0.3) is 0 Å². The zero-order valence-electron chi connectivity index (χ0n) is 33.1. The molecule has 0 spiro atoms. The van der Waals surface area contributed by atoms with Gasteiger partial charge in [-0.05, 0) is 64.0 Å². The number of carboxylic acid groups (broad SMARTS) is 4. The highest BCUT2D eigenvalue weighted by Crippen LogP contribution is 2.31. The predicted octanol–water partition coefficient (Wildman–Crippen LogP) is -1.12. The minimum atomic E-state index is -1.65. The summed E-state index contributed by atoms with van der Waals surface area (Å²) in [6.07, 6.45) is 0.593. The Morgan fingerprint density at radius 1 is 0.705 bits per heavy atom. The van der Waals surface area contributed by atoms with E-state index in [4.69, 9.17) is 4.84 Å². The molecule has 1 unspecified atom stereocenters. The fraction of sp³-hybridized carbons (Fsp3) is 0.474. The lowest BCUT2D eigenvalue weighted by Gasteiger charge is -2.32. The molecule has 23 heteroatoms. The number of nitrogens with one attached hydrogen (secondary N) is 2. The van der Waals surface area contributed by atoms with E-state index in [2.05, 4.69) is 10.6 Å². The fourth-order valence-corrected chi connectivity index (χ4v) is 6.42. The van der Waals surface area contributed by atoms with Gasteiger partial charge in [0.25, 0.3) is 5.91 Å². The van der Waals surface area contributed by atoms with Gasteiger partial charge in [0.1, 0.15) is 45.3 Å². The molecule has 0 bridgehead atoms. The van der Waals surface area contributed by atoms with Crippen molar-refractivity contribution in [3.63, 3.8) is 0 Å². The van der Waals surface area contributed by atoms with Crippen LogP contribution in [0.2, 0.25) is 0 Å². The molecular weight excluding hydrogens is 812 g/mol. The van der Waals surface area contributed by atoms with E-state index in [0.717, 1.165) is 17.7 Å². The Labute approximate surface area is 347 Å². The van der Waals surface area contributed by atoms with E-state index in [0.29, 0.717) is 31.4 Å². The van der Waals surface area contributed by atoms with Crippen molar-refractivity contribution in [1.29, 1.82) is 0 Å². The van der Waals surface area contributed by atoms with E-state index in [-0.39, 0.29) is 51.0 Å². The number of benzene rings is 1. The molecule has 8 N–H and O–H groups in total. The lowest BCUT2D eigenvalue weighted by Crippen LogP contribution is -2.53. The first-order valence-corrected chi connectivity index (χ1v) is 18.9. The van der Waals surface area contributed by atoms with E-state index >= 15 is 0 Å². The second-order valence-electron chi connectivity index (χ2n) is 14.3. The van der Waals surface area contributed by atoms with Gasteiger partial charge in [0, 0.05) is 30.2 Å². The van der Waals surface area contributed by atoms with Crippen molar-refractivity contribution in [1.82, 2.24) is 30.1 Å². The highest BCUT2D eigenvalue weighted by molar-refractivity contribution is 5.95. The van der Waals surface area contributed by atoms with E-state index in [9.17, 15) is 78.6 Å². The molecule has 2 aromatic rings. The van der Waals surface area contributed by atoms with Gasteiger partial charge in [-0.2, -0.15) is 0 Å². The van der Waals surface area contributed by atoms with E-state index in [1.807, 2.05) is 13.0 Å². The smallest absolute Gasteiger partial charge is 0.336 e. The monoisotopic (exact) mass is 860 g/mol. The summed E-state index contributed by atoms with van der Waals surface area (Å²) >= 11 is 0. The van der Waals surface area contributed by atoms with Crippen molar-refractivity contribution in [3.8, 4) is 11.8 Å². The first-order chi connectivity index (χ1) is 28.7. The molecule has 1 aliphatic carbocycles. The zero-order valence-corrected chi connectivity index (χ0v) is 33.1. The molecule has 1 heterocycles. The Morgan fingerprint density at radius 3 is 1.77 bits per heavy atom. The second kappa shape index (κ2) is 22.8. The number of unbranched alkanes of at least 4 members (excludes halogenated alkanes) is 1. The number of hydrogen-bond acceptors (Lipinski definition) is 13. The van der Waals surface area contributed by atoms with Gasteiger partial charge in [-0.3, -0.25) is 38.4 Å². The van der Waals surface area contributed by atoms with Crippen LogP contribution in [0, 0.1) is 18.8 Å². The first kappa shape index (κ1) is 48.2. The second-order valence-corrected chi connectivity index (χ2v) is 14.3. The van der Waals surface area contributed by atoms with Crippen LogP contribution in [0.4, 0.5) is 0 Å². The summed E-state index contributed by atoms with van der Waals surface area (Å²) in [6, 6.07) is 7.55. The van der Waals surface area contributed by atoms with Gasteiger partial charge >= 0.3 is 29.8 Å². The molecule has 0 saturated heterocycles. The van der Waals surface area contributed by atoms with Crippen LogP contribution in [0.3, 0.4) is 0 Å². The highest BCUT2D eigenvalue weighted by Gasteiger charge is 2.36. The SMILES string of the molecule is Cc1cccc(C(=O)NCCCCC(NC(=O)CN(CC(=O)O)C(=O)CN(CC(=O)O)C(=O)CN(CC(=O)O)C(=O)C2CCC(C(=O)On3c(O)ccc3O)CC2)C(=O)O)c1. The maximum absolute atomic E-state index is 13.5. The Balaban J connectivity index is 1.60. The number of hydrogen-bond donors (Lipinski definition) is 8. The molecule has 0 aliphatic heterocycles. The number of aromatic hydroxyl groups is 2. The summed E-state index contributed by atoms with van der Waals surface area (Å²) < 4.78 is 0.501. The molecule has 0 radical (unpaired) electrons. The molecule has 1 atom stereocenters. The third-order valence-electron chi connectivity index (χ3n) is 9.49. The van der Waals surface area contributed by atoms with Crippen molar-refractivity contribution in [2.75, 3.05) is 45.8 Å². The number of amides is 5. The van der Waals surface area contributed by atoms with E-state index in [1.165, 1.54) is 0 Å². The summed E-state index contributed by atoms with van der Waals surface area (Å²) in [5.74, 6) is -14.6. The molecule has 1 saturated carbocycles. The fourth-order valence-electron chi connectivity index (χ4n) is 6.42. The Kier molecular flexibility index (Phi) is 18.0. The molecule has 1 aliphatic rings. The third-order valence-corrected chi connectivity index (χ3v) is 9.49. The number of aryl methyl sites for hydroxylation is 1. The van der Waals surface area contributed by atoms with Crippen molar-refractivity contribution in [3.05, 3.63) is 47.5 Å². The number of carboxylic acids is 4. The maximum Gasteiger partial charge on any atom is 0.336 e. The molecule has 61 heavy (non-hydrogen) atoms. The number of aliphatic carboxylic acids is 4. The normalized spacial score (nSPS) is 15.0. The molecule has 3 rings (SSSR count). The molecule has 1 aromatic heterocycles. The standard InChI is InChI=1S/C38H48N6O17/c1-22-5-4-6-25(15-22)35(56)39-14-3-2-7-26(37(58)59)40-27(45)16-41(19-32(50)51)30(48)17-42(20-33(52)53)31(49)18-43(21-34(54)55)36(57)23-8-10-24(11-9-23)38(60)61-44-28(46)12-13-29(44)47/h4-6,12-13,15,23-24,26,46-47H,2-3,7-11,14,16-21H2,1H3,(H,39,56)(H,40,45)(H,50,51)(H,52,53)(H,54,55)(H,58,59). The molecule has 1 fully saturated rings. The van der Waals surface area contributed by atoms with Crippen molar-refractivity contribution >= 4 is 59.4 Å². The van der Waals surface area contributed by atoms with Crippen LogP contribution in [0.5, 0.6) is 11.8 Å². The maximum atomic E-state index is 13.5. The largest absolute Gasteiger partial charge is 0.492 e. The Morgan fingerprint density at radius 2 is 1.23 bits per heavy atom. The van der Waals surface area contributed by atoms with E-state index < -0.39 is 122 Å². The Bertz CT molecular complexity index is 1950. The minimum Gasteiger partial charge on any atom is -0.492 e. The van der Waals surface area contributed by atoms with Crippen LogP contribution in [0.15, 0.2) is 36.4 Å². The zero-order chi connectivity index (χ0) is 45.4. The predicted molar refractivity (Wildman–Crippen MR) is 204 cm³/mol. The van der Waals surface area contributed by atoms with Crippen LogP contribution in [-0.4, -0.2) is 161 Å². The van der Waals surface area contributed by atoms with Gasteiger partial charge in [-0.15, -0.1) is 4.73 Å². The van der Waals surface area contributed by atoms with Crippen molar-refractivity contribution in [2.24, 2.45) is 11.8 Å². The summed E-state index contributed by atoms with van der Waals surface area (Å²) in [6.45, 7) is -4.50. The van der Waals surface area contributed by atoms with Crippen LogP contribution in [0.1, 0.15) is 60.9 Å². The molecule has 5 amide bonds. The van der Waals surface area contributed by atoms with Gasteiger partial charge < -0.3 is 60.8 Å². The molecular formula is C38H48N6O17. The summed E-state index contributed by atoms with van der Waals surface area (Å²) in [4.78, 5) is 132. The number of nitrogens with zero attached hydrogens (tertiary/aromatic N) is 4. The van der Waals surface area contributed by atoms with Gasteiger partial charge in [-0.25, -0.2) is 9.59 Å². The van der Waals surface area contributed by atoms with Gasteiger partial charge in [0.15, 0.2) is 0 Å². The topological polar surface area (TPSA) is 340 Å². The molecule has 332 valence electrons. The van der Waals surface area contributed by atoms with Gasteiger partial charge in [0.05, 0.1) is 5.92 Å². The van der Waals surface area contributed by atoms with Gasteiger partial charge in [0.2, 0.25) is 35.4 Å². The van der Waals surface area contributed by atoms with Crippen molar-refractivity contribution in [2.45, 2.75) is 57.9 Å². The third kappa shape index (κ3) is 15.5. The summed E-state index contributed by atoms with van der Waals surface area (Å²) in [7, 11) is 0. The Hall–Kier alpha value is -7.20. The van der Waals surface area contributed by atoms with Crippen LogP contribution >= 0.6 is 0 Å². The quantitative estimate of drug-likeness (QED) is 0.0614. The van der Waals surface area contributed by atoms with Crippen LogP contribution in [-0.2, 0) is 43.2 Å². The summed E-state index contributed by atoms with van der Waals surface area (Å²) in [5.41, 5.74) is 1.32. The first-order valence-electron chi connectivity index (χ1n) is 18.9. The average Bonchev–Trinajstić information content (AvgIpc) is 3.50. The molecule has 23 nitrogen and oxygen atoms in total. The number of rotatable bonds is 23. The number of carbonyl (C=O) groups excluding carboxylic acids is 6.